The summed E-state index contributed by atoms with van der Waals surface area (Å²) in [5, 5.41) is 0. The number of allylic oxidation sites excluding steroid dienone is 1. The van der Waals surface area contributed by atoms with Crippen molar-refractivity contribution in [2.45, 2.75) is 38.4 Å². The monoisotopic (exact) mass is 330 g/mol. The molecule has 4 heteroatoms. The van der Waals surface area contributed by atoms with Gasteiger partial charge in [-0.15, -0.1) is 0 Å². The van der Waals surface area contributed by atoms with Gasteiger partial charge < -0.3 is 9.47 Å². The van der Waals surface area contributed by atoms with Gasteiger partial charge in [0.25, 0.3) is 0 Å². The number of hydrogen-bond acceptors (Lipinski definition) is 3. The van der Waals surface area contributed by atoms with E-state index in [1.807, 2.05) is 0 Å². The van der Waals surface area contributed by atoms with Gasteiger partial charge >= 0.3 is 0 Å². The van der Waals surface area contributed by atoms with E-state index in [-0.39, 0.29) is 23.4 Å². The Hall–Kier alpha value is -1.52. The summed E-state index contributed by atoms with van der Waals surface area (Å²) in [4.78, 5) is 13.0. The summed E-state index contributed by atoms with van der Waals surface area (Å²) in [5.74, 6) is -0.0309. The summed E-state index contributed by atoms with van der Waals surface area (Å²) >= 11 is 0. The molecule has 1 aromatic carbocycles. The van der Waals surface area contributed by atoms with E-state index in [9.17, 15) is 9.18 Å². The third kappa shape index (κ3) is 2.52. The van der Waals surface area contributed by atoms with Crippen LogP contribution < -0.4 is 0 Å². The summed E-state index contributed by atoms with van der Waals surface area (Å²) in [7, 11) is 0. The van der Waals surface area contributed by atoms with Crippen LogP contribution in [0.1, 0.15) is 38.2 Å². The number of ether oxygens (including phenoxy) is 2. The zero-order valence-electron chi connectivity index (χ0n) is 14.0. The zero-order valence-corrected chi connectivity index (χ0v) is 14.0. The van der Waals surface area contributed by atoms with Gasteiger partial charge in [0.1, 0.15) is 5.82 Å². The molecule has 0 radical (unpaired) electrons. The highest BCUT2D eigenvalue weighted by atomic mass is 19.1. The molecule has 2 aliphatic carbocycles. The van der Waals surface area contributed by atoms with Crippen LogP contribution in [0.25, 0.3) is 6.08 Å². The standard InChI is InChI=1S/C20H23FO3/c1-13-16-7-6-15(12-14-4-2-3-5-18(14)21)19(22)17(16)8-9-20(13)23-10-11-24-20/h2-5,12-13,16-17H,6-11H2,1H3/b15-12+. The lowest BCUT2D eigenvalue weighted by Gasteiger charge is -2.48. The molecule has 2 saturated carbocycles. The Morgan fingerprint density at radius 3 is 2.71 bits per heavy atom. The number of halogens is 1. The minimum absolute atomic E-state index is 0.0187. The lowest BCUT2D eigenvalue weighted by molar-refractivity contribution is -0.230. The number of carbonyl (C=O) groups excluding carboxylic acids is 1. The molecule has 3 unspecified atom stereocenters. The normalized spacial score (nSPS) is 33.8. The van der Waals surface area contributed by atoms with Crippen molar-refractivity contribution in [1.82, 2.24) is 0 Å². The topological polar surface area (TPSA) is 35.5 Å². The quantitative estimate of drug-likeness (QED) is 0.731. The second-order valence-electron chi connectivity index (χ2n) is 7.20. The molecule has 128 valence electrons. The van der Waals surface area contributed by atoms with E-state index in [1.165, 1.54) is 6.07 Å². The summed E-state index contributed by atoms with van der Waals surface area (Å²) in [6.45, 7) is 3.45. The van der Waals surface area contributed by atoms with Crippen molar-refractivity contribution in [3.63, 3.8) is 0 Å². The highest BCUT2D eigenvalue weighted by Gasteiger charge is 2.53. The number of rotatable bonds is 1. The highest BCUT2D eigenvalue weighted by Crippen LogP contribution is 2.51. The Morgan fingerprint density at radius 1 is 1.21 bits per heavy atom. The fourth-order valence-corrected chi connectivity index (χ4v) is 4.73. The molecule has 24 heavy (non-hydrogen) atoms. The van der Waals surface area contributed by atoms with Crippen LogP contribution in [0.5, 0.6) is 0 Å². The van der Waals surface area contributed by atoms with E-state index < -0.39 is 5.79 Å². The van der Waals surface area contributed by atoms with E-state index in [4.69, 9.17) is 9.47 Å². The third-order valence-corrected chi connectivity index (χ3v) is 6.07. The zero-order chi connectivity index (χ0) is 16.7. The molecule has 1 saturated heterocycles. The van der Waals surface area contributed by atoms with Gasteiger partial charge in [0.2, 0.25) is 0 Å². The van der Waals surface area contributed by atoms with Crippen molar-refractivity contribution < 1.29 is 18.7 Å². The Morgan fingerprint density at radius 2 is 1.96 bits per heavy atom. The maximum Gasteiger partial charge on any atom is 0.171 e. The molecule has 1 spiro atoms. The number of Topliss-reactive ketones (excluding diaryl/α,β-unsaturated/α-hetero) is 1. The lowest BCUT2D eigenvalue weighted by atomic mass is 9.62. The summed E-state index contributed by atoms with van der Waals surface area (Å²) in [6.07, 6.45) is 4.95. The molecule has 3 atom stereocenters. The summed E-state index contributed by atoms with van der Waals surface area (Å²) in [6, 6.07) is 6.62. The molecule has 1 heterocycles. The lowest BCUT2D eigenvalue weighted by Crippen LogP contribution is -2.51. The first-order valence-corrected chi connectivity index (χ1v) is 8.88. The Bertz CT molecular complexity index is 675. The van der Waals surface area contributed by atoms with Crippen LogP contribution in [0.3, 0.4) is 0 Å². The van der Waals surface area contributed by atoms with Crippen LogP contribution in [0.15, 0.2) is 29.8 Å². The fraction of sp³-hybridized carbons (Fsp3) is 0.550. The largest absolute Gasteiger partial charge is 0.347 e. The average Bonchev–Trinajstić information content (AvgIpc) is 3.05. The highest BCUT2D eigenvalue weighted by molar-refractivity contribution is 6.02. The Labute approximate surface area is 141 Å². The van der Waals surface area contributed by atoms with Crippen LogP contribution in [0, 0.1) is 23.6 Å². The van der Waals surface area contributed by atoms with Crippen molar-refractivity contribution in [3.8, 4) is 0 Å². The first-order chi connectivity index (χ1) is 11.6. The van der Waals surface area contributed by atoms with Gasteiger partial charge in [-0.05, 0) is 42.9 Å². The third-order valence-electron chi connectivity index (χ3n) is 6.07. The predicted octanol–water partition coefficient (Wildman–Crippen LogP) is 3.98. The molecule has 3 aliphatic rings. The van der Waals surface area contributed by atoms with Crippen LogP contribution in [-0.2, 0) is 14.3 Å². The second kappa shape index (κ2) is 6.08. The van der Waals surface area contributed by atoms with Gasteiger partial charge in [0.15, 0.2) is 11.6 Å². The van der Waals surface area contributed by atoms with E-state index in [1.54, 1.807) is 24.3 Å². The van der Waals surface area contributed by atoms with Crippen molar-refractivity contribution in [3.05, 3.63) is 41.2 Å². The fourth-order valence-electron chi connectivity index (χ4n) is 4.73. The van der Waals surface area contributed by atoms with Crippen LogP contribution in [0.2, 0.25) is 0 Å². The number of ketones is 1. The first kappa shape index (κ1) is 16.0. The molecule has 4 rings (SSSR count). The average molecular weight is 330 g/mol. The smallest absolute Gasteiger partial charge is 0.171 e. The Kier molecular flexibility index (Phi) is 4.05. The molecule has 3 fully saturated rings. The molecule has 0 N–H and O–H groups in total. The number of carbonyl (C=O) groups is 1. The first-order valence-electron chi connectivity index (χ1n) is 8.88. The predicted molar refractivity (Wildman–Crippen MR) is 88.6 cm³/mol. The van der Waals surface area contributed by atoms with Crippen molar-refractivity contribution in [2.24, 2.45) is 17.8 Å². The molecule has 0 bridgehead atoms. The second-order valence-corrected chi connectivity index (χ2v) is 7.20. The SMILES string of the molecule is CC1C2CC/C(=C\c3ccccc3F)C(=O)C2CCC12OCCO2. The van der Waals surface area contributed by atoms with Crippen molar-refractivity contribution >= 4 is 11.9 Å². The van der Waals surface area contributed by atoms with E-state index in [2.05, 4.69) is 6.92 Å². The number of benzene rings is 1. The summed E-state index contributed by atoms with van der Waals surface area (Å²) in [5.41, 5.74) is 1.26. The van der Waals surface area contributed by atoms with Crippen LogP contribution >= 0.6 is 0 Å². The molecular formula is C20H23FO3. The maximum absolute atomic E-state index is 13.9. The van der Waals surface area contributed by atoms with Gasteiger partial charge in [-0.2, -0.15) is 0 Å². The van der Waals surface area contributed by atoms with Crippen LogP contribution in [0.4, 0.5) is 4.39 Å². The molecule has 0 amide bonds. The number of hydrogen-bond donors (Lipinski definition) is 0. The Balaban J connectivity index is 1.57. The molecular weight excluding hydrogens is 307 g/mol. The van der Waals surface area contributed by atoms with Gasteiger partial charge in [-0.1, -0.05) is 25.1 Å². The molecule has 1 aliphatic heterocycles. The van der Waals surface area contributed by atoms with Gasteiger partial charge in [0.05, 0.1) is 13.2 Å². The summed E-state index contributed by atoms with van der Waals surface area (Å²) < 4.78 is 25.7. The minimum atomic E-state index is -0.478. The van der Waals surface area contributed by atoms with E-state index in [0.29, 0.717) is 31.1 Å². The van der Waals surface area contributed by atoms with Crippen LogP contribution in [-0.4, -0.2) is 24.8 Å². The van der Waals surface area contributed by atoms with Gasteiger partial charge in [0, 0.05) is 23.8 Å². The van der Waals surface area contributed by atoms with Gasteiger partial charge in [-0.3, -0.25) is 4.79 Å². The van der Waals surface area contributed by atoms with E-state index >= 15 is 0 Å². The number of fused-ring (bicyclic) bond motifs is 1. The molecule has 3 nitrogen and oxygen atoms in total. The molecule has 0 aromatic heterocycles. The maximum atomic E-state index is 13.9. The minimum Gasteiger partial charge on any atom is -0.347 e. The molecule has 1 aromatic rings. The van der Waals surface area contributed by atoms with Crippen molar-refractivity contribution in [1.29, 1.82) is 0 Å². The van der Waals surface area contributed by atoms with Gasteiger partial charge in [-0.25, -0.2) is 4.39 Å². The van der Waals surface area contributed by atoms with E-state index in [0.717, 1.165) is 24.8 Å². The van der Waals surface area contributed by atoms with Crippen molar-refractivity contribution in [2.75, 3.05) is 13.2 Å².